The summed E-state index contributed by atoms with van der Waals surface area (Å²) in [6.45, 7) is 3.19. The normalized spacial score (nSPS) is 12.7. The molecule has 1 heterocycles. The highest BCUT2D eigenvalue weighted by Crippen LogP contribution is 2.33. The van der Waals surface area contributed by atoms with Crippen LogP contribution >= 0.6 is 0 Å². The van der Waals surface area contributed by atoms with Crippen LogP contribution in [0.15, 0.2) is 71.6 Å². The van der Waals surface area contributed by atoms with E-state index < -0.39 is 15.9 Å². The van der Waals surface area contributed by atoms with Gasteiger partial charge >= 0.3 is 0 Å². The first-order valence-corrected chi connectivity index (χ1v) is 11.5. The van der Waals surface area contributed by atoms with Gasteiger partial charge in [-0.3, -0.25) is 9.52 Å². The number of carbonyl (C=O) groups excluding carboxylic acids is 1. The van der Waals surface area contributed by atoms with Crippen molar-refractivity contribution in [3.63, 3.8) is 0 Å². The Labute approximate surface area is 186 Å². The first kappa shape index (κ1) is 21.5. The van der Waals surface area contributed by atoms with Crippen LogP contribution in [0.3, 0.4) is 0 Å². The fourth-order valence-electron chi connectivity index (χ4n) is 3.16. The van der Waals surface area contributed by atoms with E-state index in [-0.39, 0.29) is 16.1 Å². The maximum atomic E-state index is 13.0. The van der Waals surface area contributed by atoms with Crippen molar-refractivity contribution in [2.75, 3.05) is 29.9 Å². The maximum absolute atomic E-state index is 13.0. The molecule has 3 aromatic carbocycles. The lowest BCUT2D eigenvalue weighted by atomic mass is 10.1. The highest BCUT2D eigenvalue weighted by molar-refractivity contribution is 7.92. The van der Waals surface area contributed by atoms with Crippen LogP contribution in [0.4, 0.5) is 11.4 Å². The van der Waals surface area contributed by atoms with E-state index in [0.717, 1.165) is 0 Å². The molecule has 1 aliphatic heterocycles. The highest BCUT2D eigenvalue weighted by atomic mass is 32.2. The molecule has 0 aliphatic carbocycles. The second kappa shape index (κ2) is 9.19. The molecule has 3 aromatic rings. The van der Waals surface area contributed by atoms with Crippen LogP contribution in [0.25, 0.3) is 0 Å². The monoisotopic (exact) mass is 454 g/mol. The average molecular weight is 455 g/mol. The number of fused-ring (bicyclic) bond motifs is 1. The third-order valence-electron chi connectivity index (χ3n) is 4.66. The molecule has 0 atom stereocenters. The molecule has 166 valence electrons. The van der Waals surface area contributed by atoms with Gasteiger partial charge in [-0.05, 0) is 55.5 Å². The molecule has 2 N–H and O–H groups in total. The van der Waals surface area contributed by atoms with E-state index in [1.165, 1.54) is 18.2 Å². The number of hydrogen-bond donors (Lipinski definition) is 2. The van der Waals surface area contributed by atoms with Crippen molar-refractivity contribution >= 4 is 27.3 Å². The number of carbonyl (C=O) groups is 1. The lowest BCUT2D eigenvalue weighted by molar-refractivity contribution is 0.102. The fraction of sp³-hybridized carbons (Fsp3) is 0.174. The lowest BCUT2D eigenvalue weighted by Gasteiger charge is -2.19. The van der Waals surface area contributed by atoms with Gasteiger partial charge in [0.15, 0.2) is 11.5 Å². The Kier molecular flexibility index (Phi) is 6.18. The number of amides is 1. The third-order valence-corrected chi connectivity index (χ3v) is 6.03. The molecule has 0 unspecified atom stereocenters. The summed E-state index contributed by atoms with van der Waals surface area (Å²) in [5.74, 6) is 1.10. The van der Waals surface area contributed by atoms with Gasteiger partial charge in [-0.15, -0.1) is 0 Å². The molecule has 4 rings (SSSR count). The molecular formula is C23H22N2O6S. The number of sulfonamides is 1. The highest BCUT2D eigenvalue weighted by Gasteiger charge is 2.22. The van der Waals surface area contributed by atoms with Gasteiger partial charge in [0.1, 0.15) is 19.0 Å². The van der Waals surface area contributed by atoms with Crippen LogP contribution in [0.1, 0.15) is 17.3 Å². The van der Waals surface area contributed by atoms with Gasteiger partial charge in [0.25, 0.3) is 15.9 Å². The number of hydrogen-bond acceptors (Lipinski definition) is 6. The molecule has 1 aliphatic rings. The Morgan fingerprint density at radius 3 is 2.44 bits per heavy atom. The van der Waals surface area contributed by atoms with Crippen LogP contribution in [0.2, 0.25) is 0 Å². The third kappa shape index (κ3) is 4.78. The summed E-state index contributed by atoms with van der Waals surface area (Å²) in [7, 11) is -3.97. The zero-order valence-corrected chi connectivity index (χ0v) is 18.1. The van der Waals surface area contributed by atoms with Gasteiger partial charge in [0.2, 0.25) is 0 Å². The maximum Gasteiger partial charge on any atom is 0.262 e. The Balaban J connectivity index is 1.54. The van der Waals surface area contributed by atoms with Gasteiger partial charge in [-0.1, -0.05) is 12.1 Å². The number of ether oxygens (including phenoxy) is 3. The van der Waals surface area contributed by atoms with Gasteiger partial charge in [0.05, 0.1) is 22.8 Å². The van der Waals surface area contributed by atoms with E-state index in [0.29, 0.717) is 42.8 Å². The van der Waals surface area contributed by atoms with Crippen LogP contribution in [0, 0.1) is 0 Å². The predicted octanol–water partition coefficient (Wildman–Crippen LogP) is 3.91. The van der Waals surface area contributed by atoms with Crippen molar-refractivity contribution < 1.29 is 27.4 Å². The molecule has 0 aromatic heterocycles. The molecule has 0 saturated carbocycles. The molecule has 9 heteroatoms. The van der Waals surface area contributed by atoms with Gasteiger partial charge in [0, 0.05) is 11.8 Å². The summed E-state index contributed by atoms with van der Waals surface area (Å²) in [5.41, 5.74) is 0.899. The fourth-order valence-corrected chi connectivity index (χ4v) is 4.26. The van der Waals surface area contributed by atoms with Crippen molar-refractivity contribution in [2.24, 2.45) is 0 Å². The minimum atomic E-state index is -3.97. The largest absolute Gasteiger partial charge is 0.494 e. The van der Waals surface area contributed by atoms with Gasteiger partial charge < -0.3 is 19.5 Å². The minimum absolute atomic E-state index is 0.00322. The molecule has 8 nitrogen and oxygen atoms in total. The summed E-state index contributed by atoms with van der Waals surface area (Å²) in [6, 6.07) is 17.7. The Morgan fingerprint density at radius 1 is 0.969 bits per heavy atom. The smallest absolute Gasteiger partial charge is 0.262 e. The molecule has 0 bridgehead atoms. The molecule has 32 heavy (non-hydrogen) atoms. The van der Waals surface area contributed by atoms with Crippen molar-refractivity contribution in [1.82, 2.24) is 0 Å². The van der Waals surface area contributed by atoms with E-state index in [4.69, 9.17) is 14.2 Å². The molecule has 0 fully saturated rings. The standard InChI is InChI=1S/C23H22N2O6S/c1-2-29-17-9-7-16(8-10-17)24-23(26)19-5-3-4-6-20(19)25-32(27,28)18-11-12-21-22(15-18)31-14-13-30-21/h3-12,15,25H,2,13-14H2,1H3,(H,24,26). The Morgan fingerprint density at radius 2 is 1.69 bits per heavy atom. The van der Waals surface area contributed by atoms with Gasteiger partial charge in [-0.2, -0.15) is 0 Å². The molecule has 0 radical (unpaired) electrons. The van der Waals surface area contributed by atoms with Crippen molar-refractivity contribution in [1.29, 1.82) is 0 Å². The predicted molar refractivity (Wildman–Crippen MR) is 120 cm³/mol. The summed E-state index contributed by atoms with van der Waals surface area (Å²) < 4.78 is 44.7. The zero-order valence-electron chi connectivity index (χ0n) is 17.3. The summed E-state index contributed by atoms with van der Waals surface area (Å²) in [4.78, 5) is 12.8. The van der Waals surface area contributed by atoms with Crippen LogP contribution < -0.4 is 24.2 Å². The second-order valence-electron chi connectivity index (χ2n) is 6.87. The topological polar surface area (TPSA) is 103 Å². The van der Waals surface area contributed by atoms with Crippen LogP contribution in [-0.4, -0.2) is 34.1 Å². The van der Waals surface area contributed by atoms with Crippen LogP contribution in [-0.2, 0) is 10.0 Å². The number of para-hydroxylation sites is 1. The van der Waals surface area contributed by atoms with E-state index >= 15 is 0 Å². The van der Waals surface area contributed by atoms with Crippen molar-refractivity contribution in [3.05, 3.63) is 72.3 Å². The van der Waals surface area contributed by atoms with E-state index in [1.807, 2.05) is 6.92 Å². The number of rotatable bonds is 7. The summed E-state index contributed by atoms with van der Waals surface area (Å²) in [6.07, 6.45) is 0. The molecule has 1 amide bonds. The Bertz CT molecular complexity index is 1230. The number of nitrogens with one attached hydrogen (secondary N) is 2. The first-order valence-electron chi connectivity index (χ1n) is 10.0. The molecular weight excluding hydrogens is 432 g/mol. The van der Waals surface area contributed by atoms with E-state index in [9.17, 15) is 13.2 Å². The summed E-state index contributed by atoms with van der Waals surface area (Å²) in [5, 5.41) is 2.77. The minimum Gasteiger partial charge on any atom is -0.494 e. The Hall–Kier alpha value is -3.72. The van der Waals surface area contributed by atoms with Crippen molar-refractivity contribution in [2.45, 2.75) is 11.8 Å². The zero-order chi connectivity index (χ0) is 22.6. The summed E-state index contributed by atoms with van der Waals surface area (Å²) >= 11 is 0. The van der Waals surface area contributed by atoms with Gasteiger partial charge in [-0.25, -0.2) is 8.42 Å². The second-order valence-corrected chi connectivity index (χ2v) is 8.55. The number of benzene rings is 3. The lowest BCUT2D eigenvalue weighted by Crippen LogP contribution is -2.19. The van der Waals surface area contributed by atoms with Crippen LogP contribution in [0.5, 0.6) is 17.2 Å². The molecule has 0 spiro atoms. The van der Waals surface area contributed by atoms with E-state index in [1.54, 1.807) is 48.5 Å². The number of anilines is 2. The van der Waals surface area contributed by atoms with E-state index in [2.05, 4.69) is 10.0 Å². The quantitative estimate of drug-likeness (QED) is 0.561. The first-order chi connectivity index (χ1) is 15.5. The average Bonchev–Trinajstić information content (AvgIpc) is 2.80. The van der Waals surface area contributed by atoms with Crippen molar-refractivity contribution in [3.8, 4) is 17.2 Å². The SMILES string of the molecule is CCOc1ccc(NC(=O)c2ccccc2NS(=O)(=O)c2ccc3c(c2)OCCO3)cc1. The molecule has 0 saturated heterocycles.